The second-order valence-electron chi connectivity index (χ2n) is 16.2. The number of aromatic amines is 1. The van der Waals surface area contributed by atoms with Gasteiger partial charge in [-0.2, -0.15) is 9.59 Å². The Morgan fingerprint density at radius 1 is 0.511 bits per heavy atom. The summed E-state index contributed by atoms with van der Waals surface area (Å²) >= 11 is 0. The van der Waals surface area contributed by atoms with E-state index in [1.165, 1.54) is 24.3 Å². The fourth-order valence-corrected chi connectivity index (χ4v) is 6.93. The van der Waals surface area contributed by atoms with Crippen LogP contribution in [0.3, 0.4) is 0 Å². The number of hydrogen-bond acceptors (Lipinski definition) is 9. The first kappa shape index (κ1) is 68.1. The van der Waals surface area contributed by atoms with E-state index in [4.69, 9.17) is 30.0 Å². The van der Waals surface area contributed by atoms with E-state index in [2.05, 4.69) is 282 Å². The minimum Gasteiger partial charge on any atom is -0.390 e. The number of halogens is 3. The number of piperidine rings is 1. The van der Waals surface area contributed by atoms with Crippen molar-refractivity contribution in [2.75, 3.05) is 49.2 Å². The molecule has 13 heteroatoms. The number of H-pyrrole nitrogens is 1. The van der Waals surface area contributed by atoms with E-state index in [1.807, 2.05) is 4.90 Å². The number of hydrogen-bond donors (Lipinski definition) is 3. The molecule has 0 unspecified atom stereocenters. The highest BCUT2D eigenvalue weighted by molar-refractivity contribution is 5.97. The molecule has 0 radical (unpaired) electrons. The summed E-state index contributed by atoms with van der Waals surface area (Å²) in [6, 6.07) is 5.74. The number of benzene rings is 2. The summed E-state index contributed by atoms with van der Waals surface area (Å²) in [5.74, 6) is 115. The van der Waals surface area contributed by atoms with Gasteiger partial charge in [0.2, 0.25) is 0 Å². The van der Waals surface area contributed by atoms with Crippen LogP contribution in [0.15, 0.2) is 36.5 Å². The summed E-state index contributed by atoms with van der Waals surface area (Å²) < 4.78 is 48.7. The van der Waals surface area contributed by atoms with Gasteiger partial charge in [-0.05, 0) is 157 Å². The Labute approximate surface area is 522 Å². The quantitative estimate of drug-likeness (QED) is 0.256. The highest BCUT2D eigenvalue weighted by atomic mass is 19.1. The highest BCUT2D eigenvalue weighted by Crippen LogP contribution is 2.45. The Morgan fingerprint density at radius 3 is 1.20 bits per heavy atom. The number of aryl methyl sites for hydroxylation is 1. The first-order valence-electron chi connectivity index (χ1n) is 25.6. The number of morpholine rings is 1. The lowest BCUT2D eigenvalue weighted by molar-refractivity contribution is -0.191. The molecule has 2 fully saturated rings. The van der Waals surface area contributed by atoms with Crippen molar-refractivity contribution < 1.29 is 32.6 Å². The van der Waals surface area contributed by atoms with Crippen molar-refractivity contribution in [3.05, 3.63) is 59.5 Å². The number of pyridine rings is 1. The summed E-state index contributed by atoms with van der Waals surface area (Å²) in [7, 11) is 0. The van der Waals surface area contributed by atoms with Gasteiger partial charge < -0.3 is 30.4 Å². The zero-order valence-electron chi connectivity index (χ0n) is 47.7. The number of aliphatic hydroxyl groups excluding tert-OH is 1. The van der Waals surface area contributed by atoms with Gasteiger partial charge in [-0.1, -0.05) is 11.8 Å². The summed E-state index contributed by atoms with van der Waals surface area (Å²) in [6.07, 6.45) is 1.56. The van der Waals surface area contributed by atoms with Gasteiger partial charge in [-0.25, -0.2) is 23.1 Å². The number of aromatic nitrogens is 3. The topological polar surface area (TPSA) is 138 Å². The zero-order valence-corrected chi connectivity index (χ0v) is 47.7. The molecule has 0 amide bonds. The molecule has 4 heterocycles. The highest BCUT2D eigenvalue weighted by Gasteiger charge is 2.33. The van der Waals surface area contributed by atoms with Crippen molar-refractivity contribution in [1.29, 1.82) is 0 Å². The largest absolute Gasteiger partial charge is 0.390 e. The molecule has 4 aromatic rings. The molecule has 10 nitrogen and oxygen atoms in total. The Balaban J connectivity index is 0.000000373. The number of rotatable bonds is 4. The zero-order chi connectivity index (χ0) is 64.5. The molecule has 2 saturated heterocycles. The summed E-state index contributed by atoms with van der Waals surface area (Å²) in [6.45, 7) is 8.04. The molecule has 90 heavy (non-hydrogen) atoms. The average Bonchev–Trinajstić information content (AvgIpc) is 1.31. The summed E-state index contributed by atoms with van der Waals surface area (Å²) in [4.78, 5) is 33.2. The van der Waals surface area contributed by atoms with Crippen molar-refractivity contribution >= 4 is 28.7 Å². The van der Waals surface area contributed by atoms with Crippen molar-refractivity contribution in [2.24, 2.45) is 5.73 Å². The monoisotopic (exact) mass is 1160 g/mol. The van der Waals surface area contributed by atoms with Crippen molar-refractivity contribution in [2.45, 2.75) is 39.3 Å². The molecule has 2 aromatic heterocycles. The maximum absolute atomic E-state index is 14.4. The number of nitrogens with two attached hydrogens (primary N) is 1. The summed E-state index contributed by atoms with van der Waals surface area (Å²) in [5.41, 5.74) is 9.89. The molecule has 4 N–H and O–H groups in total. The Hall–Kier alpha value is -14.4. The van der Waals surface area contributed by atoms with E-state index in [0.29, 0.717) is 89.9 Å². The van der Waals surface area contributed by atoms with Gasteiger partial charge in [-0.3, -0.25) is 0 Å². The predicted octanol–water partition coefficient (Wildman–Crippen LogP) is 4.27. The van der Waals surface area contributed by atoms with Gasteiger partial charge in [0, 0.05) is 216 Å². The van der Waals surface area contributed by atoms with E-state index in [9.17, 15) is 18.3 Å². The third-order valence-electron chi connectivity index (χ3n) is 10.4. The molecule has 2 aliphatic heterocycles. The lowest BCUT2D eigenvalue weighted by Crippen LogP contribution is -2.51. The number of β-amino-alcohol motifs (C(OH)–C–C–N with tert-alkyl or cyclic N) is 1. The van der Waals surface area contributed by atoms with Crippen LogP contribution in [0.4, 0.5) is 24.7 Å². The molecule has 0 saturated carbocycles. The van der Waals surface area contributed by atoms with Crippen LogP contribution in [-0.4, -0.2) is 77.7 Å². The second kappa shape index (κ2) is 42.4. The van der Waals surface area contributed by atoms with Crippen LogP contribution in [-0.2, 0) is 14.3 Å². The number of ether oxygens (including phenoxy) is 1. The van der Waals surface area contributed by atoms with E-state index < -0.39 is 23.8 Å². The minimum atomic E-state index is -0.810. The van der Waals surface area contributed by atoms with Crippen molar-refractivity contribution in [3.8, 4) is 295 Å². The number of imidazole rings is 1. The van der Waals surface area contributed by atoms with Gasteiger partial charge in [0.05, 0.1) is 41.6 Å². The average molecular weight is 1170 g/mol. The van der Waals surface area contributed by atoms with Crippen LogP contribution in [0.5, 0.6) is 0 Å². The molecule has 0 bridgehead atoms. The number of anilines is 2. The number of fused-ring (bicyclic) bond motifs is 1. The van der Waals surface area contributed by atoms with Crippen LogP contribution in [0.2, 0.25) is 0 Å². The van der Waals surface area contributed by atoms with Gasteiger partial charge >= 0.3 is 6.15 Å². The first-order valence-corrected chi connectivity index (χ1v) is 25.6. The van der Waals surface area contributed by atoms with Gasteiger partial charge in [-0.15, -0.1) is 0 Å². The van der Waals surface area contributed by atoms with E-state index in [-0.39, 0.29) is 18.5 Å². The van der Waals surface area contributed by atoms with Crippen molar-refractivity contribution in [3.63, 3.8) is 0 Å². The second-order valence-corrected chi connectivity index (χ2v) is 16.2. The lowest BCUT2D eigenvalue weighted by Gasteiger charge is -2.39. The van der Waals surface area contributed by atoms with Gasteiger partial charge in [0.15, 0.2) is 0 Å². The van der Waals surface area contributed by atoms with Crippen molar-refractivity contribution in [1.82, 2.24) is 15.0 Å². The van der Waals surface area contributed by atoms with E-state index in [1.54, 1.807) is 27.0 Å². The third-order valence-corrected chi connectivity index (χ3v) is 10.4. The first-order chi connectivity index (χ1) is 44.1. The molecule has 418 valence electrons. The van der Waals surface area contributed by atoms with E-state index >= 15 is 0 Å². The molecule has 0 aliphatic carbocycles. The number of aliphatic hydroxyl groups is 1. The Bertz CT molecular complexity index is 4910. The number of nitrogens with zero attached hydrogens (tertiary/aromatic N) is 4. The van der Waals surface area contributed by atoms with Gasteiger partial charge in [0.1, 0.15) is 29.1 Å². The van der Waals surface area contributed by atoms with Crippen LogP contribution in [0.25, 0.3) is 33.5 Å². The number of carbonyl (C=O) groups excluding carboxylic acids is 2. The smallest absolute Gasteiger partial charge is 0.373 e. The molecule has 6 rings (SSSR count). The van der Waals surface area contributed by atoms with Crippen LogP contribution < -0.4 is 15.5 Å². The molecule has 2 atom stereocenters. The Kier molecular flexibility index (Phi) is 32.1. The molecular formula is C77H35F3N6O4. The molecular weight excluding hydrogens is 1130 g/mol. The SMILES string of the molecule is CC#CC#CC#CC#CC#CC#CC#CC#CC#CC#CC#CC#CC#CC#CC#CC#CC#CC#CC#CC#CC#CC#CC#CC.Cc1cc(F)cc2[nH]c(-c3c(N4CCOCC4)ncc(-c4cc(F)cc(F)c4)c3N3CC[C@@H](N)[C@@H](O)C3)nc12.O=C=O. The summed E-state index contributed by atoms with van der Waals surface area (Å²) in [5, 5.41) is 10.7. The fourth-order valence-electron chi connectivity index (χ4n) is 6.93. The molecule has 2 aliphatic rings. The van der Waals surface area contributed by atoms with Crippen LogP contribution in [0, 0.1) is 297 Å². The molecule has 0 spiro atoms. The number of nitrogens with one attached hydrogen (secondary N) is 1. The van der Waals surface area contributed by atoms with Crippen LogP contribution >= 0.6 is 0 Å². The minimum absolute atomic E-state index is 0.208. The predicted molar refractivity (Wildman–Crippen MR) is 338 cm³/mol. The lowest BCUT2D eigenvalue weighted by atomic mass is 9.96. The maximum Gasteiger partial charge on any atom is 0.373 e. The Morgan fingerprint density at radius 2 is 0.856 bits per heavy atom. The van der Waals surface area contributed by atoms with E-state index in [0.717, 1.165) is 6.07 Å². The molecule has 2 aromatic carbocycles. The van der Waals surface area contributed by atoms with Crippen LogP contribution in [0.1, 0.15) is 25.8 Å². The fraction of sp³-hybridized carbons (Fsp3) is 0.156. The van der Waals surface area contributed by atoms with Gasteiger partial charge in [0.25, 0.3) is 0 Å². The third kappa shape index (κ3) is 26.7. The normalized spacial score (nSPS) is 10.9. The standard InChI is InChI=1S/C48H6.C28H29F3N6O2.CO2/c1-3-5-7-9-11-13-15-17-19-21-23-25-27-29-31-33-35-37-39-41-43-45-47-48-46-44-42-40-38-36-34-32-30-28-26-24-22-20-18-16-14-12-10-8-6-4-2;1-15-8-17(29)12-22-25(15)35-27(34-22)24-26(37-3-2-21(32)23(38)14-37)20(16-9-18(30)11-19(31)10-16)13-33-28(24)36-4-6-39-7-5-36;2-1-3/h1-2H3;8-13,21,23,38H,2-7,14,32H2,1H3,(H,34,35);/t;21-,23+;/m.1./s1. The maximum atomic E-state index is 14.4.